The largest absolute Gasteiger partial charge is 0.330 e. The van der Waals surface area contributed by atoms with Crippen molar-refractivity contribution in [3.63, 3.8) is 0 Å². The number of halogens is 2. The summed E-state index contributed by atoms with van der Waals surface area (Å²) in [5, 5.41) is 0.826. The fourth-order valence-corrected chi connectivity index (χ4v) is 3.57. The van der Waals surface area contributed by atoms with Gasteiger partial charge in [-0.1, -0.05) is 6.92 Å². The molecule has 1 unspecified atom stereocenters. The van der Waals surface area contributed by atoms with E-state index in [0.29, 0.717) is 10.3 Å². The number of fused-ring (bicyclic) bond motifs is 1. The smallest absolute Gasteiger partial charge is 0.184 e. The van der Waals surface area contributed by atoms with Crippen LogP contribution in [0.1, 0.15) is 29.8 Å². The molecule has 2 aromatic heterocycles. The predicted octanol–water partition coefficient (Wildman–Crippen LogP) is 4.61. The molecule has 1 N–H and O–H groups in total. The van der Waals surface area contributed by atoms with Crippen LogP contribution in [-0.2, 0) is 6.42 Å². The van der Waals surface area contributed by atoms with E-state index in [0.717, 1.165) is 22.4 Å². The van der Waals surface area contributed by atoms with Crippen LogP contribution in [0, 0.1) is 16.4 Å². The van der Waals surface area contributed by atoms with Gasteiger partial charge in [-0.05, 0) is 37.7 Å². The number of aromatic amines is 1. The van der Waals surface area contributed by atoms with Gasteiger partial charge < -0.3 is 9.55 Å². The monoisotopic (exact) mass is 325 g/mol. The summed E-state index contributed by atoms with van der Waals surface area (Å²) < 4.78 is 29.6. The van der Waals surface area contributed by atoms with Crippen molar-refractivity contribution in [2.75, 3.05) is 0 Å². The van der Waals surface area contributed by atoms with Gasteiger partial charge in [0, 0.05) is 11.1 Å². The molecule has 21 heavy (non-hydrogen) atoms. The van der Waals surface area contributed by atoms with Gasteiger partial charge in [0.25, 0.3) is 0 Å². The molecule has 0 bridgehead atoms. The SMILES string of the molecule is CCc1cnc(C(C)n2c(=S)[nH]c3ccc(F)c(F)c32)s1. The second kappa shape index (κ2) is 5.31. The molecule has 3 rings (SSSR count). The lowest BCUT2D eigenvalue weighted by Crippen LogP contribution is -2.07. The Morgan fingerprint density at radius 3 is 2.86 bits per heavy atom. The topological polar surface area (TPSA) is 33.6 Å². The standard InChI is InChI=1S/C14H13F2N3S2/c1-3-8-6-17-13(21-8)7(2)19-12-10(18-14(19)20)5-4-9(15)11(12)16/h4-7H,3H2,1-2H3,(H,18,20). The zero-order valence-corrected chi connectivity index (χ0v) is 13.1. The Morgan fingerprint density at radius 2 is 2.19 bits per heavy atom. The van der Waals surface area contributed by atoms with Crippen LogP contribution in [0.2, 0.25) is 0 Å². The van der Waals surface area contributed by atoms with Gasteiger partial charge in [0.15, 0.2) is 16.4 Å². The molecule has 110 valence electrons. The normalized spacial score (nSPS) is 13.0. The first-order chi connectivity index (χ1) is 10.0. The van der Waals surface area contributed by atoms with Gasteiger partial charge in [0.2, 0.25) is 0 Å². The second-order valence-electron chi connectivity index (χ2n) is 4.75. The van der Waals surface area contributed by atoms with Gasteiger partial charge in [-0.25, -0.2) is 13.8 Å². The number of imidazole rings is 1. The minimum absolute atomic E-state index is 0.153. The van der Waals surface area contributed by atoms with Crippen LogP contribution in [0.25, 0.3) is 11.0 Å². The molecule has 7 heteroatoms. The zero-order chi connectivity index (χ0) is 15.1. The number of hydrogen-bond acceptors (Lipinski definition) is 3. The minimum atomic E-state index is -0.890. The van der Waals surface area contributed by atoms with Crippen molar-refractivity contribution in [1.29, 1.82) is 0 Å². The van der Waals surface area contributed by atoms with Crippen LogP contribution in [0.15, 0.2) is 18.3 Å². The van der Waals surface area contributed by atoms with Gasteiger partial charge in [-0.2, -0.15) is 0 Å². The molecular formula is C14H13F2N3S2. The first-order valence-electron chi connectivity index (χ1n) is 6.55. The molecule has 1 aromatic carbocycles. The number of aryl methyl sites for hydroxylation is 1. The number of thiazole rings is 1. The van der Waals surface area contributed by atoms with Crippen LogP contribution in [0.3, 0.4) is 0 Å². The Morgan fingerprint density at radius 1 is 1.43 bits per heavy atom. The predicted molar refractivity (Wildman–Crippen MR) is 82.3 cm³/mol. The first-order valence-corrected chi connectivity index (χ1v) is 7.78. The first kappa shape index (κ1) is 14.3. The highest BCUT2D eigenvalue weighted by Gasteiger charge is 2.20. The van der Waals surface area contributed by atoms with Gasteiger partial charge in [-0.15, -0.1) is 11.3 Å². The van der Waals surface area contributed by atoms with Gasteiger partial charge in [0.05, 0.1) is 11.6 Å². The summed E-state index contributed by atoms with van der Waals surface area (Å²) >= 11 is 6.82. The lowest BCUT2D eigenvalue weighted by atomic mass is 10.2. The quantitative estimate of drug-likeness (QED) is 0.714. The average molecular weight is 325 g/mol. The minimum Gasteiger partial charge on any atom is -0.330 e. The Hall–Kier alpha value is -1.60. The van der Waals surface area contributed by atoms with E-state index in [-0.39, 0.29) is 11.6 Å². The van der Waals surface area contributed by atoms with Crippen molar-refractivity contribution >= 4 is 34.6 Å². The molecule has 1 atom stereocenters. The van der Waals surface area contributed by atoms with E-state index in [1.807, 2.05) is 20.0 Å². The summed E-state index contributed by atoms with van der Waals surface area (Å²) in [4.78, 5) is 8.43. The van der Waals surface area contributed by atoms with Gasteiger partial charge in [0.1, 0.15) is 10.5 Å². The molecule has 0 spiro atoms. The van der Waals surface area contributed by atoms with Gasteiger partial charge in [-0.3, -0.25) is 0 Å². The van der Waals surface area contributed by atoms with E-state index in [2.05, 4.69) is 9.97 Å². The van der Waals surface area contributed by atoms with Crippen molar-refractivity contribution in [2.45, 2.75) is 26.3 Å². The third-order valence-electron chi connectivity index (χ3n) is 3.43. The van der Waals surface area contributed by atoms with E-state index >= 15 is 0 Å². The van der Waals surface area contributed by atoms with Crippen molar-refractivity contribution in [2.24, 2.45) is 0 Å². The number of aromatic nitrogens is 3. The number of H-pyrrole nitrogens is 1. The molecule has 3 aromatic rings. The fourth-order valence-electron chi connectivity index (χ4n) is 2.31. The molecule has 0 saturated carbocycles. The van der Waals surface area contributed by atoms with E-state index < -0.39 is 11.6 Å². The number of benzene rings is 1. The van der Waals surface area contributed by atoms with E-state index in [4.69, 9.17) is 12.2 Å². The molecule has 3 nitrogen and oxygen atoms in total. The van der Waals surface area contributed by atoms with Crippen molar-refractivity contribution in [3.8, 4) is 0 Å². The van der Waals surface area contributed by atoms with Crippen LogP contribution in [0.4, 0.5) is 8.78 Å². The summed E-state index contributed by atoms with van der Waals surface area (Å²) in [5.74, 6) is -1.77. The molecular weight excluding hydrogens is 312 g/mol. The van der Waals surface area contributed by atoms with Gasteiger partial charge >= 0.3 is 0 Å². The summed E-state index contributed by atoms with van der Waals surface area (Å²) in [6.07, 6.45) is 2.71. The van der Waals surface area contributed by atoms with E-state index in [9.17, 15) is 8.78 Å². The summed E-state index contributed by atoms with van der Waals surface area (Å²) in [5.41, 5.74) is 0.638. The summed E-state index contributed by atoms with van der Waals surface area (Å²) in [7, 11) is 0. The highest BCUT2D eigenvalue weighted by Crippen LogP contribution is 2.29. The van der Waals surface area contributed by atoms with E-state index in [1.165, 1.54) is 6.07 Å². The maximum Gasteiger partial charge on any atom is 0.184 e. The Labute approximate surface area is 129 Å². The maximum atomic E-state index is 14.1. The average Bonchev–Trinajstić information content (AvgIpc) is 3.06. The molecule has 0 amide bonds. The lowest BCUT2D eigenvalue weighted by molar-refractivity contribution is 0.508. The summed E-state index contributed by atoms with van der Waals surface area (Å²) in [6.45, 7) is 3.93. The van der Waals surface area contributed by atoms with E-state index in [1.54, 1.807) is 15.9 Å². The Balaban J connectivity index is 2.21. The molecule has 0 aliphatic heterocycles. The lowest BCUT2D eigenvalue weighted by Gasteiger charge is -2.12. The summed E-state index contributed by atoms with van der Waals surface area (Å²) in [6, 6.07) is 2.33. The highest BCUT2D eigenvalue weighted by molar-refractivity contribution is 7.71. The third kappa shape index (κ3) is 2.30. The highest BCUT2D eigenvalue weighted by atomic mass is 32.1. The van der Waals surface area contributed by atoms with Crippen molar-refractivity contribution in [3.05, 3.63) is 44.6 Å². The molecule has 0 aliphatic rings. The molecule has 0 saturated heterocycles. The Bertz CT molecular complexity index is 863. The van der Waals surface area contributed by atoms with Crippen LogP contribution < -0.4 is 0 Å². The number of hydrogen-bond donors (Lipinski definition) is 1. The zero-order valence-electron chi connectivity index (χ0n) is 11.5. The number of nitrogens with zero attached hydrogens (tertiary/aromatic N) is 2. The van der Waals surface area contributed by atoms with Crippen molar-refractivity contribution < 1.29 is 8.78 Å². The molecule has 0 radical (unpaired) electrons. The van der Waals surface area contributed by atoms with Crippen molar-refractivity contribution in [1.82, 2.24) is 14.5 Å². The maximum absolute atomic E-state index is 14.1. The second-order valence-corrected chi connectivity index (χ2v) is 6.29. The number of rotatable bonds is 3. The van der Waals surface area contributed by atoms with Crippen LogP contribution in [-0.4, -0.2) is 14.5 Å². The van der Waals surface area contributed by atoms with Crippen LogP contribution in [0.5, 0.6) is 0 Å². The number of nitrogens with one attached hydrogen (secondary N) is 1. The fraction of sp³-hybridized carbons (Fsp3) is 0.286. The van der Waals surface area contributed by atoms with Crippen LogP contribution >= 0.6 is 23.6 Å². The molecule has 2 heterocycles. The Kier molecular flexibility index (Phi) is 3.62. The third-order valence-corrected chi connectivity index (χ3v) is 5.05. The molecule has 0 fully saturated rings. The molecule has 0 aliphatic carbocycles.